The lowest BCUT2D eigenvalue weighted by atomic mass is 10.0. The second kappa shape index (κ2) is 5.60. The van der Waals surface area contributed by atoms with Crippen molar-refractivity contribution < 1.29 is 13.2 Å². The van der Waals surface area contributed by atoms with Crippen molar-refractivity contribution in [1.82, 2.24) is 10.3 Å². The molecule has 1 unspecified atom stereocenters. The third-order valence-corrected chi connectivity index (χ3v) is 4.60. The topological polar surface area (TPSA) is 24.9 Å². The van der Waals surface area contributed by atoms with Gasteiger partial charge in [0, 0.05) is 27.3 Å². The quantitative estimate of drug-likeness (QED) is 0.895. The summed E-state index contributed by atoms with van der Waals surface area (Å²) < 4.78 is 39.9. The third-order valence-electron chi connectivity index (χ3n) is 2.66. The zero-order valence-electron chi connectivity index (χ0n) is 9.83. The average molecular weight is 351 g/mol. The highest BCUT2D eigenvalue weighted by molar-refractivity contribution is 9.10. The van der Waals surface area contributed by atoms with Gasteiger partial charge in [-0.3, -0.25) is 4.98 Å². The van der Waals surface area contributed by atoms with Crippen molar-refractivity contribution >= 4 is 27.3 Å². The maximum absolute atomic E-state index is 13.0. The Morgan fingerprint density at radius 2 is 2.11 bits per heavy atom. The Hall–Kier alpha value is -0.920. The molecular weight excluding hydrogens is 341 g/mol. The molecule has 19 heavy (non-hydrogen) atoms. The predicted molar refractivity (Wildman–Crippen MR) is 72.2 cm³/mol. The second-order valence-electron chi connectivity index (χ2n) is 3.82. The fourth-order valence-corrected chi connectivity index (χ4v) is 3.56. The van der Waals surface area contributed by atoms with E-state index in [1.54, 1.807) is 7.05 Å². The van der Waals surface area contributed by atoms with Crippen LogP contribution in [0, 0.1) is 0 Å². The van der Waals surface area contributed by atoms with Gasteiger partial charge in [-0.2, -0.15) is 13.2 Å². The first kappa shape index (κ1) is 14.5. The van der Waals surface area contributed by atoms with Gasteiger partial charge in [-0.1, -0.05) is 0 Å². The number of nitrogens with zero attached hydrogens (tertiary/aromatic N) is 1. The van der Waals surface area contributed by atoms with Gasteiger partial charge in [-0.15, -0.1) is 11.3 Å². The number of alkyl halides is 3. The van der Waals surface area contributed by atoms with Crippen LogP contribution < -0.4 is 5.32 Å². The normalized spacial score (nSPS) is 13.5. The van der Waals surface area contributed by atoms with E-state index in [0.717, 1.165) is 21.6 Å². The Bertz CT molecular complexity index is 568. The van der Waals surface area contributed by atoms with Crippen molar-refractivity contribution in [3.05, 3.63) is 50.4 Å². The Kier molecular flexibility index (Phi) is 4.27. The summed E-state index contributed by atoms with van der Waals surface area (Å²) in [5, 5.41) is 4.74. The van der Waals surface area contributed by atoms with Gasteiger partial charge in [0.15, 0.2) is 0 Å². The molecule has 0 bridgehead atoms. The highest BCUT2D eigenvalue weighted by Crippen LogP contribution is 2.39. The lowest BCUT2D eigenvalue weighted by Crippen LogP contribution is -2.21. The molecule has 2 nitrogen and oxygen atoms in total. The Labute approximate surface area is 120 Å². The van der Waals surface area contributed by atoms with Gasteiger partial charge < -0.3 is 5.32 Å². The van der Waals surface area contributed by atoms with Crippen LogP contribution in [0.5, 0.6) is 0 Å². The van der Waals surface area contributed by atoms with Crippen molar-refractivity contribution in [3.63, 3.8) is 0 Å². The van der Waals surface area contributed by atoms with E-state index >= 15 is 0 Å². The highest BCUT2D eigenvalue weighted by atomic mass is 79.9. The van der Waals surface area contributed by atoms with Gasteiger partial charge in [-0.05, 0) is 40.5 Å². The Balaban J connectivity index is 2.54. The van der Waals surface area contributed by atoms with E-state index in [9.17, 15) is 13.2 Å². The van der Waals surface area contributed by atoms with Crippen molar-refractivity contribution in [2.75, 3.05) is 7.05 Å². The number of thiophene rings is 1. The summed E-state index contributed by atoms with van der Waals surface area (Å²) in [5.41, 5.74) is -0.539. The summed E-state index contributed by atoms with van der Waals surface area (Å²) in [6.45, 7) is 0. The largest absolute Gasteiger partial charge is 0.416 e. The highest BCUT2D eigenvalue weighted by Gasteiger charge is 2.35. The molecule has 0 aromatic carbocycles. The van der Waals surface area contributed by atoms with Crippen LogP contribution in [0.3, 0.4) is 0 Å². The van der Waals surface area contributed by atoms with E-state index in [-0.39, 0.29) is 5.56 Å². The zero-order chi connectivity index (χ0) is 14.0. The molecule has 0 amide bonds. The summed E-state index contributed by atoms with van der Waals surface area (Å²) in [5.74, 6) is 0. The first-order chi connectivity index (χ1) is 8.95. The minimum Gasteiger partial charge on any atom is -0.309 e. The van der Waals surface area contributed by atoms with Gasteiger partial charge in [0.25, 0.3) is 0 Å². The van der Waals surface area contributed by atoms with Gasteiger partial charge >= 0.3 is 6.18 Å². The number of rotatable bonds is 3. The third kappa shape index (κ3) is 2.98. The average Bonchev–Trinajstić information content (AvgIpc) is 2.76. The maximum atomic E-state index is 13.0. The molecular formula is C12H10BrF3N2S. The molecule has 2 aromatic heterocycles. The van der Waals surface area contributed by atoms with Crippen LogP contribution >= 0.6 is 27.3 Å². The molecule has 0 saturated carbocycles. The lowest BCUT2D eigenvalue weighted by molar-refractivity contribution is -0.138. The molecule has 7 heteroatoms. The van der Waals surface area contributed by atoms with Crippen LogP contribution in [0.15, 0.2) is 34.4 Å². The molecule has 0 spiro atoms. The number of pyridine rings is 1. The fourth-order valence-electron chi connectivity index (χ4n) is 1.83. The van der Waals surface area contributed by atoms with Gasteiger partial charge in [0.1, 0.15) is 0 Å². The standard InChI is InChI=1S/C12H10BrF3N2S/c1-17-10(11-9(13)3-5-19-11)7-6-18-4-2-8(7)12(14,15)16/h2-6,10,17H,1H3. The van der Waals surface area contributed by atoms with Crippen LogP contribution in [-0.4, -0.2) is 12.0 Å². The van der Waals surface area contributed by atoms with Crippen LogP contribution in [0.25, 0.3) is 0 Å². The molecule has 0 fully saturated rings. The fraction of sp³-hybridized carbons (Fsp3) is 0.250. The van der Waals surface area contributed by atoms with E-state index in [1.165, 1.54) is 17.5 Å². The Morgan fingerprint density at radius 3 is 2.63 bits per heavy atom. The predicted octanol–water partition coefficient (Wildman–Crippen LogP) is 4.23. The van der Waals surface area contributed by atoms with E-state index in [2.05, 4.69) is 26.2 Å². The first-order valence-corrected chi connectivity index (χ1v) is 7.03. The summed E-state index contributed by atoms with van der Waals surface area (Å²) in [4.78, 5) is 4.61. The van der Waals surface area contributed by atoms with E-state index < -0.39 is 17.8 Å². The van der Waals surface area contributed by atoms with Crippen molar-refractivity contribution in [1.29, 1.82) is 0 Å². The molecule has 2 rings (SSSR count). The minimum absolute atomic E-state index is 0.126. The SMILES string of the molecule is CNC(c1cnccc1C(F)(F)F)c1sccc1Br. The molecule has 0 saturated heterocycles. The van der Waals surface area contributed by atoms with Crippen molar-refractivity contribution in [3.8, 4) is 0 Å². The summed E-state index contributed by atoms with van der Waals surface area (Å²) in [6.07, 6.45) is -1.98. The number of aromatic nitrogens is 1. The van der Waals surface area contributed by atoms with E-state index in [4.69, 9.17) is 0 Å². The molecule has 0 radical (unpaired) electrons. The minimum atomic E-state index is -4.39. The summed E-state index contributed by atoms with van der Waals surface area (Å²) >= 11 is 4.74. The molecule has 0 aliphatic rings. The van der Waals surface area contributed by atoms with E-state index in [1.807, 2.05) is 11.4 Å². The zero-order valence-corrected chi connectivity index (χ0v) is 12.2. The molecule has 1 atom stereocenters. The molecule has 0 aliphatic heterocycles. The van der Waals surface area contributed by atoms with Crippen molar-refractivity contribution in [2.24, 2.45) is 0 Å². The summed E-state index contributed by atoms with van der Waals surface area (Å²) in [7, 11) is 1.63. The molecule has 1 N–H and O–H groups in total. The number of halogens is 4. The van der Waals surface area contributed by atoms with Crippen LogP contribution in [0.1, 0.15) is 22.0 Å². The van der Waals surface area contributed by atoms with Crippen LogP contribution in [0.2, 0.25) is 0 Å². The second-order valence-corrected chi connectivity index (χ2v) is 5.62. The maximum Gasteiger partial charge on any atom is 0.416 e. The van der Waals surface area contributed by atoms with E-state index in [0.29, 0.717) is 0 Å². The lowest BCUT2D eigenvalue weighted by Gasteiger charge is -2.20. The van der Waals surface area contributed by atoms with Crippen molar-refractivity contribution in [2.45, 2.75) is 12.2 Å². The number of hydrogen-bond acceptors (Lipinski definition) is 3. The van der Waals surface area contributed by atoms with Gasteiger partial charge in [-0.25, -0.2) is 0 Å². The molecule has 2 aromatic rings. The van der Waals surface area contributed by atoms with Gasteiger partial charge in [0.05, 0.1) is 11.6 Å². The number of nitrogens with one attached hydrogen (secondary N) is 1. The monoisotopic (exact) mass is 350 g/mol. The first-order valence-electron chi connectivity index (χ1n) is 5.36. The molecule has 2 heterocycles. The smallest absolute Gasteiger partial charge is 0.309 e. The summed E-state index contributed by atoms with van der Waals surface area (Å²) in [6, 6.07) is 2.27. The Morgan fingerprint density at radius 1 is 1.37 bits per heavy atom. The molecule has 0 aliphatic carbocycles. The molecule has 102 valence electrons. The van der Waals surface area contributed by atoms with Gasteiger partial charge in [0.2, 0.25) is 0 Å². The van der Waals surface area contributed by atoms with Crippen LogP contribution in [0.4, 0.5) is 13.2 Å². The number of hydrogen-bond donors (Lipinski definition) is 1. The van der Waals surface area contributed by atoms with Crippen LogP contribution in [-0.2, 0) is 6.18 Å².